The smallest absolute Gasteiger partial charge is 0.158 e. The van der Waals surface area contributed by atoms with Gasteiger partial charge in [-0.1, -0.05) is 6.92 Å². The number of rotatable bonds is 8. The fourth-order valence-corrected chi connectivity index (χ4v) is 1.48. The number of nitrogens with one attached hydrogen (secondary N) is 1. The summed E-state index contributed by atoms with van der Waals surface area (Å²) in [6, 6.07) is 1.88. The molecule has 6 nitrogen and oxygen atoms in total. The van der Waals surface area contributed by atoms with Crippen LogP contribution in [-0.4, -0.2) is 48.9 Å². The summed E-state index contributed by atoms with van der Waals surface area (Å²) in [5, 5.41) is 12.2. The lowest BCUT2D eigenvalue weighted by Crippen LogP contribution is -2.23. The van der Waals surface area contributed by atoms with E-state index in [4.69, 9.17) is 9.84 Å². The molecule has 1 rings (SSSR count). The van der Waals surface area contributed by atoms with E-state index in [0.29, 0.717) is 19.0 Å². The number of methoxy groups -OCH3 is 1. The lowest BCUT2D eigenvalue weighted by atomic mass is 10.4. The molecular formula is C12H22N4O2. The molecule has 0 saturated heterocycles. The van der Waals surface area contributed by atoms with Crippen LogP contribution in [0.3, 0.4) is 0 Å². The van der Waals surface area contributed by atoms with E-state index >= 15 is 0 Å². The molecule has 18 heavy (non-hydrogen) atoms. The normalized spacial score (nSPS) is 10.4. The number of ether oxygens (including phenoxy) is 1. The molecule has 0 saturated carbocycles. The Balaban J connectivity index is 2.89. The molecule has 0 aliphatic rings. The van der Waals surface area contributed by atoms with Gasteiger partial charge in [-0.3, -0.25) is 0 Å². The highest BCUT2D eigenvalue weighted by molar-refractivity contribution is 5.48. The van der Waals surface area contributed by atoms with Crippen LogP contribution in [0.4, 0.5) is 11.6 Å². The standard InChI is InChI=1S/C12H22N4O2/c1-4-5-13-10-8-12(16(2)6-7-17)15-11(14-10)9-18-3/h8,17H,4-7,9H2,1-3H3,(H,13,14,15). The SMILES string of the molecule is CCCNc1cc(N(C)CCO)nc(COC)n1. The van der Waals surface area contributed by atoms with E-state index in [1.54, 1.807) is 7.11 Å². The van der Waals surface area contributed by atoms with Crippen molar-refractivity contribution >= 4 is 11.6 Å². The predicted octanol–water partition coefficient (Wildman–Crippen LogP) is 0.873. The summed E-state index contributed by atoms with van der Waals surface area (Å²) < 4.78 is 5.06. The Kier molecular flexibility index (Phi) is 6.38. The van der Waals surface area contributed by atoms with Crippen molar-refractivity contribution in [1.82, 2.24) is 9.97 Å². The van der Waals surface area contributed by atoms with Crippen LogP contribution in [0, 0.1) is 0 Å². The van der Waals surface area contributed by atoms with Gasteiger partial charge in [-0.2, -0.15) is 0 Å². The highest BCUT2D eigenvalue weighted by Gasteiger charge is 2.08. The molecule has 0 amide bonds. The van der Waals surface area contributed by atoms with Crippen LogP contribution < -0.4 is 10.2 Å². The summed E-state index contributed by atoms with van der Waals surface area (Å²) in [6.45, 7) is 3.98. The zero-order chi connectivity index (χ0) is 13.4. The van der Waals surface area contributed by atoms with Gasteiger partial charge in [0, 0.05) is 33.3 Å². The monoisotopic (exact) mass is 254 g/mol. The Morgan fingerprint density at radius 2 is 2.22 bits per heavy atom. The number of aromatic nitrogens is 2. The third kappa shape index (κ3) is 4.46. The van der Waals surface area contributed by atoms with Crippen molar-refractivity contribution in [2.45, 2.75) is 20.0 Å². The molecule has 0 fully saturated rings. The van der Waals surface area contributed by atoms with Crippen molar-refractivity contribution in [1.29, 1.82) is 0 Å². The summed E-state index contributed by atoms with van der Waals surface area (Å²) in [5.41, 5.74) is 0. The third-order valence-electron chi connectivity index (χ3n) is 2.41. The molecule has 0 radical (unpaired) electrons. The average Bonchev–Trinajstić information content (AvgIpc) is 2.37. The minimum Gasteiger partial charge on any atom is -0.395 e. The Morgan fingerprint density at radius 1 is 1.44 bits per heavy atom. The first kappa shape index (κ1) is 14.7. The Labute approximate surface area is 108 Å². The van der Waals surface area contributed by atoms with Crippen LogP contribution in [0.1, 0.15) is 19.2 Å². The summed E-state index contributed by atoms with van der Waals surface area (Å²) in [5.74, 6) is 2.21. The van der Waals surface area contributed by atoms with Gasteiger partial charge < -0.3 is 20.1 Å². The minimum atomic E-state index is 0.0951. The van der Waals surface area contributed by atoms with E-state index in [9.17, 15) is 0 Å². The second kappa shape index (κ2) is 7.84. The predicted molar refractivity (Wildman–Crippen MR) is 71.9 cm³/mol. The van der Waals surface area contributed by atoms with Crippen molar-refractivity contribution in [3.63, 3.8) is 0 Å². The first-order valence-electron chi connectivity index (χ1n) is 6.14. The zero-order valence-electron chi connectivity index (χ0n) is 11.3. The van der Waals surface area contributed by atoms with Crippen molar-refractivity contribution in [2.24, 2.45) is 0 Å². The van der Waals surface area contributed by atoms with Crippen molar-refractivity contribution < 1.29 is 9.84 Å². The van der Waals surface area contributed by atoms with Gasteiger partial charge in [0.25, 0.3) is 0 Å². The average molecular weight is 254 g/mol. The second-order valence-electron chi connectivity index (χ2n) is 4.03. The lowest BCUT2D eigenvalue weighted by molar-refractivity contribution is 0.178. The van der Waals surface area contributed by atoms with Gasteiger partial charge in [0.1, 0.15) is 18.2 Å². The number of likely N-dealkylation sites (N-methyl/N-ethyl adjacent to an activating group) is 1. The van der Waals surface area contributed by atoms with Crippen LogP contribution in [0.5, 0.6) is 0 Å². The van der Waals surface area contributed by atoms with E-state index in [1.807, 2.05) is 18.0 Å². The number of anilines is 2. The summed E-state index contributed by atoms with van der Waals surface area (Å²) >= 11 is 0. The number of hydrogen-bond acceptors (Lipinski definition) is 6. The zero-order valence-corrected chi connectivity index (χ0v) is 11.3. The minimum absolute atomic E-state index is 0.0951. The molecule has 0 unspecified atom stereocenters. The van der Waals surface area contributed by atoms with Crippen LogP contribution >= 0.6 is 0 Å². The summed E-state index contributed by atoms with van der Waals surface area (Å²) in [6.07, 6.45) is 1.03. The quantitative estimate of drug-likeness (QED) is 0.717. The van der Waals surface area contributed by atoms with Crippen molar-refractivity contribution in [3.8, 4) is 0 Å². The van der Waals surface area contributed by atoms with Gasteiger partial charge in [0.2, 0.25) is 0 Å². The lowest BCUT2D eigenvalue weighted by Gasteiger charge is -2.18. The molecule has 2 N–H and O–H groups in total. The molecule has 1 aromatic rings. The third-order valence-corrected chi connectivity index (χ3v) is 2.41. The van der Waals surface area contributed by atoms with Crippen LogP contribution in [0.15, 0.2) is 6.07 Å². The topological polar surface area (TPSA) is 70.5 Å². The van der Waals surface area contributed by atoms with E-state index in [-0.39, 0.29) is 6.61 Å². The van der Waals surface area contributed by atoms with Gasteiger partial charge in [-0.25, -0.2) is 9.97 Å². The van der Waals surface area contributed by atoms with Crippen LogP contribution in [0.25, 0.3) is 0 Å². The summed E-state index contributed by atoms with van der Waals surface area (Å²) in [4.78, 5) is 10.6. The molecular weight excluding hydrogens is 232 g/mol. The van der Waals surface area contributed by atoms with E-state index in [0.717, 1.165) is 24.6 Å². The van der Waals surface area contributed by atoms with Gasteiger partial charge in [0.05, 0.1) is 6.61 Å². The van der Waals surface area contributed by atoms with Gasteiger partial charge in [0.15, 0.2) is 5.82 Å². The molecule has 1 aromatic heterocycles. The fourth-order valence-electron chi connectivity index (χ4n) is 1.48. The molecule has 0 aliphatic carbocycles. The number of aliphatic hydroxyl groups is 1. The maximum Gasteiger partial charge on any atom is 0.158 e. The van der Waals surface area contributed by atoms with Crippen LogP contribution in [0.2, 0.25) is 0 Å². The second-order valence-corrected chi connectivity index (χ2v) is 4.03. The number of nitrogens with zero attached hydrogens (tertiary/aromatic N) is 3. The molecule has 0 aliphatic heterocycles. The maximum absolute atomic E-state index is 8.96. The fraction of sp³-hybridized carbons (Fsp3) is 0.667. The summed E-state index contributed by atoms with van der Waals surface area (Å²) in [7, 11) is 3.51. The Morgan fingerprint density at radius 3 is 2.83 bits per heavy atom. The number of aliphatic hydroxyl groups excluding tert-OH is 1. The van der Waals surface area contributed by atoms with Crippen molar-refractivity contribution in [2.75, 3.05) is 44.1 Å². The molecule has 0 bridgehead atoms. The molecule has 6 heteroatoms. The van der Waals surface area contributed by atoms with E-state index in [1.165, 1.54) is 0 Å². The van der Waals surface area contributed by atoms with Crippen LogP contribution in [-0.2, 0) is 11.3 Å². The first-order chi connectivity index (χ1) is 8.71. The highest BCUT2D eigenvalue weighted by atomic mass is 16.5. The molecule has 0 aromatic carbocycles. The van der Waals surface area contributed by atoms with E-state index < -0.39 is 0 Å². The largest absolute Gasteiger partial charge is 0.395 e. The van der Waals surface area contributed by atoms with Gasteiger partial charge in [-0.05, 0) is 6.42 Å². The van der Waals surface area contributed by atoms with Crippen molar-refractivity contribution in [3.05, 3.63) is 11.9 Å². The maximum atomic E-state index is 8.96. The molecule has 102 valence electrons. The molecule has 1 heterocycles. The Hall–Kier alpha value is -1.40. The van der Waals surface area contributed by atoms with E-state index in [2.05, 4.69) is 22.2 Å². The molecule has 0 atom stereocenters. The highest BCUT2D eigenvalue weighted by Crippen LogP contribution is 2.15. The van der Waals surface area contributed by atoms with Gasteiger partial charge in [-0.15, -0.1) is 0 Å². The van der Waals surface area contributed by atoms with Gasteiger partial charge >= 0.3 is 0 Å². The first-order valence-corrected chi connectivity index (χ1v) is 6.14. The number of hydrogen-bond donors (Lipinski definition) is 2. The Bertz CT molecular complexity index is 360. The molecule has 0 spiro atoms.